The minimum atomic E-state index is 1.03. The smallest absolute Gasteiger partial charge is 0.0412 e. The largest absolute Gasteiger partial charge is 0.0654 e. The summed E-state index contributed by atoms with van der Waals surface area (Å²) in [6.45, 7) is 9.36. The lowest BCUT2D eigenvalue weighted by Gasteiger charge is -2.24. The zero-order valence-electron chi connectivity index (χ0n) is 18.6. The fraction of sp³-hybridized carbons (Fsp3) is 1.00. The van der Waals surface area contributed by atoms with Gasteiger partial charge in [-0.05, 0) is 18.3 Å². The van der Waals surface area contributed by atoms with Crippen molar-refractivity contribution in [1.29, 1.82) is 0 Å². The normalized spacial score (nSPS) is 12.8. The molecule has 0 heterocycles. The van der Waals surface area contributed by atoms with Gasteiger partial charge < -0.3 is 0 Å². The van der Waals surface area contributed by atoms with Crippen LogP contribution in [0.4, 0.5) is 0 Å². The summed E-state index contributed by atoms with van der Waals surface area (Å²) in [5, 5.41) is 0. The van der Waals surface area contributed by atoms with Crippen molar-refractivity contribution in [2.75, 3.05) is 0 Å². The second kappa shape index (κ2) is 20.3. The third kappa shape index (κ3) is 17.2. The summed E-state index contributed by atoms with van der Waals surface area (Å²) < 4.78 is 0. The number of hydrogen-bond donors (Lipinski definition) is 0. The van der Waals surface area contributed by atoms with Crippen molar-refractivity contribution < 1.29 is 0 Å². The first-order valence-corrected chi connectivity index (χ1v) is 12.3. The summed E-state index contributed by atoms with van der Waals surface area (Å²) in [4.78, 5) is 0. The van der Waals surface area contributed by atoms with Crippen molar-refractivity contribution in [2.24, 2.45) is 11.8 Å². The molecule has 0 rings (SSSR count). The first-order chi connectivity index (χ1) is 12.3. The average Bonchev–Trinajstić information content (AvgIpc) is 2.63. The Bertz CT molecular complexity index is 220. The molecule has 0 aliphatic rings. The Morgan fingerprint density at radius 1 is 0.360 bits per heavy atom. The summed E-state index contributed by atoms with van der Waals surface area (Å²) in [5.74, 6) is 2.06. The fourth-order valence-electron chi connectivity index (χ4n) is 4.30. The van der Waals surface area contributed by atoms with Gasteiger partial charge in [-0.3, -0.25) is 0 Å². The van der Waals surface area contributed by atoms with Crippen molar-refractivity contribution in [2.45, 2.75) is 150 Å². The summed E-state index contributed by atoms with van der Waals surface area (Å²) >= 11 is 0. The van der Waals surface area contributed by atoms with E-state index in [-0.39, 0.29) is 0 Å². The fourth-order valence-corrected chi connectivity index (χ4v) is 4.30. The van der Waals surface area contributed by atoms with Gasteiger partial charge in [0.25, 0.3) is 0 Å². The minimum absolute atomic E-state index is 1.03. The molecule has 0 aliphatic carbocycles. The number of unbranched alkanes of at least 4 members (excludes halogenated alkanes) is 10. The van der Waals surface area contributed by atoms with Crippen LogP contribution in [0.25, 0.3) is 0 Å². The lowest BCUT2D eigenvalue weighted by Crippen LogP contribution is -2.10. The molecule has 0 aromatic heterocycles. The molecule has 0 heteroatoms. The van der Waals surface area contributed by atoms with Crippen molar-refractivity contribution in [3.63, 3.8) is 0 Å². The van der Waals surface area contributed by atoms with Gasteiger partial charge in [0.2, 0.25) is 0 Å². The molecular formula is C25H52. The summed E-state index contributed by atoms with van der Waals surface area (Å²) in [6, 6.07) is 0. The van der Waals surface area contributed by atoms with Crippen LogP contribution in [0.2, 0.25) is 0 Å². The Balaban J connectivity index is 4.33. The van der Waals surface area contributed by atoms with Gasteiger partial charge in [-0.2, -0.15) is 0 Å². The van der Waals surface area contributed by atoms with Gasteiger partial charge in [0, 0.05) is 0 Å². The molecule has 152 valence electrons. The Morgan fingerprint density at radius 2 is 0.680 bits per heavy atom. The summed E-state index contributed by atoms with van der Waals surface area (Å²) in [5.41, 5.74) is 0. The number of rotatable bonds is 20. The highest BCUT2D eigenvalue weighted by atomic mass is 14.2. The van der Waals surface area contributed by atoms with Gasteiger partial charge >= 0.3 is 0 Å². The molecule has 0 radical (unpaired) electrons. The van der Waals surface area contributed by atoms with E-state index in [2.05, 4.69) is 27.7 Å². The van der Waals surface area contributed by atoms with Crippen LogP contribution in [-0.2, 0) is 0 Å². The molecule has 0 aliphatic heterocycles. The van der Waals surface area contributed by atoms with E-state index in [1.807, 2.05) is 0 Å². The van der Waals surface area contributed by atoms with E-state index in [9.17, 15) is 0 Å². The zero-order chi connectivity index (χ0) is 18.6. The van der Waals surface area contributed by atoms with E-state index in [0.717, 1.165) is 11.8 Å². The standard InChI is InChI=1S/C25H52/c1-5-9-13-16-20-24(19-12-8-4)23-25(21-17-14-10-6-2)22-18-15-11-7-3/h24-25H,5-23H2,1-4H3. The van der Waals surface area contributed by atoms with Crippen LogP contribution in [0.3, 0.4) is 0 Å². The third-order valence-corrected chi connectivity index (χ3v) is 6.03. The predicted molar refractivity (Wildman–Crippen MR) is 117 cm³/mol. The van der Waals surface area contributed by atoms with Crippen LogP contribution in [0.5, 0.6) is 0 Å². The Labute approximate surface area is 161 Å². The highest BCUT2D eigenvalue weighted by Gasteiger charge is 2.16. The monoisotopic (exact) mass is 352 g/mol. The molecule has 1 atom stereocenters. The van der Waals surface area contributed by atoms with Crippen LogP contribution in [0.1, 0.15) is 150 Å². The Kier molecular flexibility index (Phi) is 20.3. The molecule has 0 aromatic carbocycles. The summed E-state index contributed by atoms with van der Waals surface area (Å²) in [7, 11) is 0. The first kappa shape index (κ1) is 25.0. The molecule has 0 spiro atoms. The molecule has 1 unspecified atom stereocenters. The van der Waals surface area contributed by atoms with Crippen molar-refractivity contribution >= 4 is 0 Å². The Morgan fingerprint density at radius 3 is 1.00 bits per heavy atom. The van der Waals surface area contributed by atoms with Crippen molar-refractivity contribution in [3.8, 4) is 0 Å². The predicted octanol–water partition coefficient (Wildman–Crippen LogP) is 9.71. The van der Waals surface area contributed by atoms with E-state index in [0.29, 0.717) is 0 Å². The molecule has 0 nitrogen and oxygen atoms in total. The highest BCUT2D eigenvalue weighted by molar-refractivity contribution is 4.69. The van der Waals surface area contributed by atoms with Gasteiger partial charge in [-0.1, -0.05) is 143 Å². The molecule has 0 N–H and O–H groups in total. The average molecular weight is 353 g/mol. The summed E-state index contributed by atoms with van der Waals surface area (Å²) in [6.07, 6.45) is 27.8. The second-order valence-electron chi connectivity index (χ2n) is 8.66. The van der Waals surface area contributed by atoms with E-state index in [1.165, 1.54) is 116 Å². The minimum Gasteiger partial charge on any atom is -0.0654 e. The van der Waals surface area contributed by atoms with Crippen molar-refractivity contribution in [3.05, 3.63) is 0 Å². The topological polar surface area (TPSA) is 0 Å². The van der Waals surface area contributed by atoms with Crippen LogP contribution < -0.4 is 0 Å². The van der Waals surface area contributed by atoms with E-state index in [4.69, 9.17) is 0 Å². The van der Waals surface area contributed by atoms with Crippen LogP contribution in [-0.4, -0.2) is 0 Å². The molecule has 0 saturated heterocycles. The highest BCUT2D eigenvalue weighted by Crippen LogP contribution is 2.30. The van der Waals surface area contributed by atoms with Gasteiger partial charge in [0.15, 0.2) is 0 Å². The lowest BCUT2D eigenvalue weighted by atomic mass is 9.82. The lowest BCUT2D eigenvalue weighted by molar-refractivity contribution is 0.284. The molecule has 0 bridgehead atoms. The molecular weight excluding hydrogens is 300 g/mol. The van der Waals surface area contributed by atoms with Crippen LogP contribution in [0.15, 0.2) is 0 Å². The maximum Gasteiger partial charge on any atom is -0.0412 e. The SMILES string of the molecule is CCCCCCC(CCCC)CC(CCCCCC)CCCCCC. The van der Waals surface area contributed by atoms with Gasteiger partial charge in [0.05, 0.1) is 0 Å². The molecule has 0 fully saturated rings. The van der Waals surface area contributed by atoms with Gasteiger partial charge in [-0.15, -0.1) is 0 Å². The van der Waals surface area contributed by atoms with Crippen LogP contribution in [0, 0.1) is 11.8 Å². The van der Waals surface area contributed by atoms with Gasteiger partial charge in [0.1, 0.15) is 0 Å². The third-order valence-electron chi connectivity index (χ3n) is 6.03. The maximum absolute atomic E-state index is 2.36. The van der Waals surface area contributed by atoms with E-state index < -0.39 is 0 Å². The maximum atomic E-state index is 2.36. The van der Waals surface area contributed by atoms with Gasteiger partial charge in [-0.25, -0.2) is 0 Å². The molecule has 25 heavy (non-hydrogen) atoms. The van der Waals surface area contributed by atoms with Crippen molar-refractivity contribution in [1.82, 2.24) is 0 Å². The molecule has 0 saturated carbocycles. The van der Waals surface area contributed by atoms with E-state index >= 15 is 0 Å². The zero-order valence-corrected chi connectivity index (χ0v) is 18.6. The quantitative estimate of drug-likeness (QED) is 0.191. The molecule has 0 amide bonds. The number of hydrogen-bond acceptors (Lipinski definition) is 0. The first-order valence-electron chi connectivity index (χ1n) is 12.3. The molecule has 0 aromatic rings. The Hall–Kier alpha value is 0. The second-order valence-corrected chi connectivity index (χ2v) is 8.66. The van der Waals surface area contributed by atoms with Crippen LogP contribution >= 0.6 is 0 Å². The van der Waals surface area contributed by atoms with E-state index in [1.54, 1.807) is 6.42 Å².